The standard InChI is InChI=1S/C23H25F2N5O/c1-23(24,25)20-4-2-19(3-5-20)16-31-22-14-21(27-17-28-22)30-12-10-29(11-13-30)15-18-6-8-26-9-7-18/h2-9,14,17H,10-13,15-16H2,1H3. The van der Waals surface area contributed by atoms with Gasteiger partial charge in [0.25, 0.3) is 5.92 Å². The number of rotatable bonds is 7. The molecule has 31 heavy (non-hydrogen) atoms. The van der Waals surface area contributed by atoms with Crippen LogP contribution >= 0.6 is 0 Å². The highest BCUT2D eigenvalue weighted by atomic mass is 19.3. The summed E-state index contributed by atoms with van der Waals surface area (Å²) in [5.41, 5.74) is 2.05. The summed E-state index contributed by atoms with van der Waals surface area (Å²) >= 11 is 0. The number of benzene rings is 1. The zero-order valence-corrected chi connectivity index (χ0v) is 17.4. The molecule has 2 aromatic heterocycles. The number of hydrogen-bond donors (Lipinski definition) is 0. The van der Waals surface area contributed by atoms with Gasteiger partial charge in [0.15, 0.2) is 0 Å². The largest absolute Gasteiger partial charge is 0.473 e. The third-order valence-electron chi connectivity index (χ3n) is 5.33. The summed E-state index contributed by atoms with van der Waals surface area (Å²) < 4.78 is 32.4. The van der Waals surface area contributed by atoms with Crippen LogP contribution in [-0.4, -0.2) is 46.0 Å². The van der Waals surface area contributed by atoms with Crippen LogP contribution in [0.5, 0.6) is 5.88 Å². The highest BCUT2D eigenvalue weighted by Gasteiger charge is 2.23. The van der Waals surface area contributed by atoms with Crippen molar-refractivity contribution in [3.05, 3.63) is 77.9 Å². The SMILES string of the molecule is CC(F)(F)c1ccc(COc2cc(N3CCN(Cc4ccncc4)CC3)ncn2)cc1. The van der Waals surface area contributed by atoms with Crippen molar-refractivity contribution in [2.75, 3.05) is 31.1 Å². The van der Waals surface area contributed by atoms with Gasteiger partial charge < -0.3 is 9.64 Å². The van der Waals surface area contributed by atoms with Crippen molar-refractivity contribution in [2.45, 2.75) is 26.0 Å². The van der Waals surface area contributed by atoms with Gasteiger partial charge in [-0.3, -0.25) is 9.88 Å². The lowest BCUT2D eigenvalue weighted by molar-refractivity contribution is 0.0174. The van der Waals surface area contributed by atoms with E-state index in [1.54, 1.807) is 12.1 Å². The molecule has 1 aliphatic rings. The molecule has 0 saturated carbocycles. The molecule has 1 aliphatic heterocycles. The van der Waals surface area contributed by atoms with Gasteiger partial charge in [0, 0.05) is 63.7 Å². The van der Waals surface area contributed by atoms with Crippen LogP contribution in [-0.2, 0) is 19.1 Å². The van der Waals surface area contributed by atoms with E-state index in [0.717, 1.165) is 51.0 Å². The van der Waals surface area contributed by atoms with Gasteiger partial charge in [0.1, 0.15) is 18.8 Å². The molecule has 0 bridgehead atoms. The molecule has 1 aromatic carbocycles. The number of alkyl halides is 2. The van der Waals surface area contributed by atoms with Crippen molar-refractivity contribution in [3.63, 3.8) is 0 Å². The minimum absolute atomic E-state index is 0.0105. The number of anilines is 1. The minimum atomic E-state index is -2.84. The van der Waals surface area contributed by atoms with E-state index in [1.165, 1.54) is 24.0 Å². The van der Waals surface area contributed by atoms with Gasteiger partial charge in [0.2, 0.25) is 5.88 Å². The molecule has 0 aliphatic carbocycles. The molecule has 0 N–H and O–H groups in total. The van der Waals surface area contributed by atoms with Crippen molar-refractivity contribution >= 4 is 5.82 Å². The molecule has 0 unspecified atom stereocenters. The number of piperazine rings is 1. The predicted octanol–water partition coefficient (Wildman–Crippen LogP) is 3.88. The van der Waals surface area contributed by atoms with Crippen molar-refractivity contribution in [1.29, 1.82) is 0 Å². The van der Waals surface area contributed by atoms with Crippen LogP contribution in [0.4, 0.5) is 14.6 Å². The van der Waals surface area contributed by atoms with Crippen LogP contribution in [0.1, 0.15) is 23.6 Å². The lowest BCUT2D eigenvalue weighted by atomic mass is 10.1. The van der Waals surface area contributed by atoms with Gasteiger partial charge in [-0.2, -0.15) is 0 Å². The number of halogens is 2. The molecule has 8 heteroatoms. The summed E-state index contributed by atoms with van der Waals surface area (Å²) in [5.74, 6) is -1.55. The van der Waals surface area contributed by atoms with E-state index in [0.29, 0.717) is 5.88 Å². The van der Waals surface area contributed by atoms with Gasteiger partial charge in [-0.1, -0.05) is 24.3 Å². The van der Waals surface area contributed by atoms with Gasteiger partial charge in [-0.05, 0) is 23.3 Å². The summed E-state index contributed by atoms with van der Waals surface area (Å²) in [6.45, 7) is 5.68. The van der Waals surface area contributed by atoms with E-state index in [-0.39, 0.29) is 12.2 Å². The first-order chi connectivity index (χ1) is 15.0. The Hall–Kier alpha value is -3.13. The number of hydrogen-bond acceptors (Lipinski definition) is 6. The third-order valence-corrected chi connectivity index (χ3v) is 5.33. The number of ether oxygens (including phenoxy) is 1. The van der Waals surface area contributed by atoms with Crippen molar-refractivity contribution in [1.82, 2.24) is 19.9 Å². The van der Waals surface area contributed by atoms with Gasteiger partial charge >= 0.3 is 0 Å². The molecular formula is C23H25F2N5O. The molecular weight excluding hydrogens is 400 g/mol. The Labute approximate surface area is 180 Å². The molecule has 0 amide bonds. The fourth-order valence-electron chi connectivity index (χ4n) is 3.51. The summed E-state index contributed by atoms with van der Waals surface area (Å²) in [6, 6.07) is 12.1. The quantitative estimate of drug-likeness (QED) is 0.573. The molecule has 0 radical (unpaired) electrons. The minimum Gasteiger partial charge on any atom is -0.473 e. The third kappa shape index (κ3) is 5.73. The van der Waals surface area contributed by atoms with Gasteiger partial charge in [-0.25, -0.2) is 18.7 Å². The number of nitrogens with zero attached hydrogens (tertiary/aromatic N) is 5. The lowest BCUT2D eigenvalue weighted by Gasteiger charge is -2.35. The van der Waals surface area contributed by atoms with Crippen LogP contribution in [0.25, 0.3) is 0 Å². The van der Waals surface area contributed by atoms with Crippen LogP contribution < -0.4 is 9.64 Å². The Bertz CT molecular complexity index is 971. The molecule has 3 aromatic rings. The second kappa shape index (κ2) is 9.34. The molecule has 1 saturated heterocycles. The topological polar surface area (TPSA) is 54.4 Å². The Morgan fingerprint density at radius 1 is 0.935 bits per heavy atom. The summed E-state index contributed by atoms with van der Waals surface area (Å²) in [4.78, 5) is 17.3. The maximum absolute atomic E-state index is 13.3. The second-order valence-corrected chi connectivity index (χ2v) is 7.71. The fraction of sp³-hybridized carbons (Fsp3) is 0.348. The summed E-state index contributed by atoms with van der Waals surface area (Å²) in [6.07, 6.45) is 5.14. The van der Waals surface area contributed by atoms with E-state index in [4.69, 9.17) is 4.74 Å². The zero-order chi connectivity index (χ0) is 21.7. The number of pyridine rings is 1. The highest BCUT2D eigenvalue weighted by molar-refractivity contribution is 5.41. The monoisotopic (exact) mass is 425 g/mol. The second-order valence-electron chi connectivity index (χ2n) is 7.71. The average Bonchev–Trinajstić information content (AvgIpc) is 2.79. The molecule has 3 heterocycles. The normalized spacial score (nSPS) is 15.1. The maximum Gasteiger partial charge on any atom is 0.270 e. The molecule has 1 fully saturated rings. The molecule has 6 nitrogen and oxygen atoms in total. The van der Waals surface area contributed by atoms with E-state index in [1.807, 2.05) is 30.6 Å². The van der Waals surface area contributed by atoms with Crippen LogP contribution in [0.3, 0.4) is 0 Å². The number of aromatic nitrogens is 3. The highest BCUT2D eigenvalue weighted by Crippen LogP contribution is 2.27. The van der Waals surface area contributed by atoms with E-state index < -0.39 is 5.92 Å². The van der Waals surface area contributed by atoms with Crippen molar-refractivity contribution in [3.8, 4) is 5.88 Å². The Kier molecular flexibility index (Phi) is 6.36. The Morgan fingerprint density at radius 3 is 2.32 bits per heavy atom. The van der Waals surface area contributed by atoms with Crippen LogP contribution in [0.15, 0.2) is 61.2 Å². The first-order valence-electron chi connectivity index (χ1n) is 10.3. The smallest absolute Gasteiger partial charge is 0.270 e. The molecule has 0 atom stereocenters. The Morgan fingerprint density at radius 2 is 1.65 bits per heavy atom. The summed E-state index contributed by atoms with van der Waals surface area (Å²) in [5, 5.41) is 0. The molecule has 162 valence electrons. The van der Waals surface area contributed by atoms with E-state index in [9.17, 15) is 8.78 Å². The van der Waals surface area contributed by atoms with Crippen LogP contribution in [0, 0.1) is 0 Å². The van der Waals surface area contributed by atoms with Gasteiger partial charge in [0.05, 0.1) is 0 Å². The zero-order valence-electron chi connectivity index (χ0n) is 17.4. The van der Waals surface area contributed by atoms with Crippen molar-refractivity contribution in [2.24, 2.45) is 0 Å². The summed E-state index contributed by atoms with van der Waals surface area (Å²) in [7, 11) is 0. The van der Waals surface area contributed by atoms with Crippen molar-refractivity contribution < 1.29 is 13.5 Å². The molecule has 0 spiro atoms. The van der Waals surface area contributed by atoms with E-state index >= 15 is 0 Å². The molecule has 4 rings (SSSR count). The van der Waals surface area contributed by atoms with E-state index in [2.05, 4.69) is 24.8 Å². The average molecular weight is 425 g/mol. The maximum atomic E-state index is 13.3. The van der Waals surface area contributed by atoms with Crippen LogP contribution in [0.2, 0.25) is 0 Å². The first kappa shape index (κ1) is 21.1. The Balaban J connectivity index is 1.30. The first-order valence-corrected chi connectivity index (χ1v) is 10.3. The predicted molar refractivity (Wildman–Crippen MR) is 114 cm³/mol. The fourth-order valence-corrected chi connectivity index (χ4v) is 3.51. The van der Waals surface area contributed by atoms with Gasteiger partial charge in [-0.15, -0.1) is 0 Å². The lowest BCUT2D eigenvalue weighted by Crippen LogP contribution is -2.46.